The van der Waals surface area contributed by atoms with Gasteiger partial charge in [-0.25, -0.2) is 13.4 Å². The van der Waals surface area contributed by atoms with E-state index in [9.17, 15) is 13.2 Å². The minimum absolute atomic E-state index is 0.158. The van der Waals surface area contributed by atoms with Crippen LogP contribution in [0.2, 0.25) is 0 Å². The summed E-state index contributed by atoms with van der Waals surface area (Å²) in [6.45, 7) is 2.09. The van der Waals surface area contributed by atoms with Crippen molar-refractivity contribution in [2.24, 2.45) is 0 Å². The van der Waals surface area contributed by atoms with Crippen molar-refractivity contribution in [3.8, 4) is 5.75 Å². The molecule has 8 nitrogen and oxygen atoms in total. The number of fused-ring (bicyclic) bond motifs is 1. The number of sulfonamides is 1. The SMILES string of the molecule is COc1ccc(S(=O)(=O)N2CCC[C@H]2C(=O)Nc2nc3c(s2)CN(C)CC3)cc1. The van der Waals surface area contributed by atoms with Crippen LogP contribution in [-0.4, -0.2) is 61.8 Å². The molecule has 2 aromatic rings. The highest BCUT2D eigenvalue weighted by Crippen LogP contribution is 2.30. The number of carbonyl (C=O) groups is 1. The van der Waals surface area contributed by atoms with E-state index in [4.69, 9.17) is 4.74 Å². The lowest BCUT2D eigenvalue weighted by Crippen LogP contribution is -2.43. The van der Waals surface area contributed by atoms with Crippen LogP contribution in [0.5, 0.6) is 5.75 Å². The second-order valence-corrected chi connectivity index (χ2v) is 10.3. The number of likely N-dealkylation sites (N-methyl/N-ethyl adjacent to an activating group) is 1. The fourth-order valence-electron chi connectivity index (χ4n) is 3.74. The lowest BCUT2D eigenvalue weighted by Gasteiger charge is -2.23. The molecule has 10 heteroatoms. The van der Waals surface area contributed by atoms with Crippen molar-refractivity contribution in [3.05, 3.63) is 34.8 Å². The molecule has 1 aromatic carbocycles. The molecule has 3 heterocycles. The summed E-state index contributed by atoms with van der Waals surface area (Å²) in [6.07, 6.45) is 2.00. The van der Waals surface area contributed by atoms with E-state index in [2.05, 4.69) is 22.2 Å². The van der Waals surface area contributed by atoms with Gasteiger partial charge in [0.25, 0.3) is 0 Å². The van der Waals surface area contributed by atoms with Crippen LogP contribution in [0, 0.1) is 0 Å². The molecule has 2 aliphatic rings. The van der Waals surface area contributed by atoms with E-state index in [0.717, 1.165) is 30.1 Å². The first-order chi connectivity index (χ1) is 13.9. The number of amides is 1. The number of ether oxygens (including phenoxy) is 1. The normalized spacial score (nSPS) is 20.4. The van der Waals surface area contributed by atoms with Crippen molar-refractivity contribution in [2.45, 2.75) is 36.7 Å². The number of rotatable bonds is 5. The van der Waals surface area contributed by atoms with Crippen LogP contribution < -0.4 is 10.1 Å². The average Bonchev–Trinajstić information content (AvgIpc) is 3.34. The molecule has 29 heavy (non-hydrogen) atoms. The molecule has 1 N–H and O–H groups in total. The van der Waals surface area contributed by atoms with Crippen LogP contribution >= 0.6 is 11.3 Å². The van der Waals surface area contributed by atoms with Gasteiger partial charge in [0, 0.05) is 30.9 Å². The van der Waals surface area contributed by atoms with Crippen molar-refractivity contribution < 1.29 is 17.9 Å². The van der Waals surface area contributed by atoms with Crippen molar-refractivity contribution in [1.82, 2.24) is 14.2 Å². The number of thiazole rings is 1. The smallest absolute Gasteiger partial charge is 0.244 e. The van der Waals surface area contributed by atoms with Gasteiger partial charge in [-0.05, 0) is 44.2 Å². The first-order valence-corrected chi connectivity index (χ1v) is 11.8. The molecule has 0 unspecified atom stereocenters. The number of anilines is 1. The van der Waals surface area contributed by atoms with E-state index in [-0.39, 0.29) is 10.8 Å². The van der Waals surface area contributed by atoms with Crippen LogP contribution in [0.15, 0.2) is 29.2 Å². The van der Waals surface area contributed by atoms with E-state index >= 15 is 0 Å². The van der Waals surface area contributed by atoms with Gasteiger partial charge in [0.2, 0.25) is 15.9 Å². The van der Waals surface area contributed by atoms with Gasteiger partial charge < -0.3 is 15.0 Å². The zero-order chi connectivity index (χ0) is 20.6. The third-order valence-corrected chi connectivity index (χ3v) is 8.24. The first kappa shape index (κ1) is 20.3. The molecule has 1 atom stereocenters. The molecular weight excluding hydrogens is 412 g/mol. The summed E-state index contributed by atoms with van der Waals surface area (Å²) in [5, 5.41) is 3.40. The molecule has 0 aliphatic carbocycles. The molecule has 2 aliphatic heterocycles. The van der Waals surface area contributed by atoms with E-state index < -0.39 is 16.1 Å². The van der Waals surface area contributed by atoms with E-state index in [0.29, 0.717) is 30.3 Å². The summed E-state index contributed by atoms with van der Waals surface area (Å²) < 4.78 is 32.6. The largest absolute Gasteiger partial charge is 0.497 e. The zero-order valence-electron chi connectivity index (χ0n) is 16.4. The third kappa shape index (κ3) is 4.02. The number of hydrogen-bond acceptors (Lipinski definition) is 7. The van der Waals surface area contributed by atoms with Gasteiger partial charge in [-0.15, -0.1) is 11.3 Å². The minimum atomic E-state index is -3.77. The summed E-state index contributed by atoms with van der Waals surface area (Å²) in [5.41, 5.74) is 1.03. The number of methoxy groups -OCH3 is 1. The molecule has 156 valence electrons. The number of carbonyl (C=O) groups excluding carboxylic acids is 1. The van der Waals surface area contributed by atoms with Gasteiger partial charge >= 0.3 is 0 Å². The van der Waals surface area contributed by atoms with Crippen molar-refractivity contribution in [1.29, 1.82) is 0 Å². The number of nitrogens with one attached hydrogen (secondary N) is 1. The van der Waals surface area contributed by atoms with Gasteiger partial charge in [-0.1, -0.05) is 0 Å². The van der Waals surface area contributed by atoms with Gasteiger partial charge in [-0.2, -0.15) is 4.31 Å². The predicted octanol–water partition coefficient (Wildman–Crippen LogP) is 1.93. The van der Waals surface area contributed by atoms with E-state index in [1.54, 1.807) is 12.1 Å². The van der Waals surface area contributed by atoms with Crippen molar-refractivity contribution in [3.63, 3.8) is 0 Å². The Labute approximate surface area is 174 Å². The quantitative estimate of drug-likeness (QED) is 0.770. The maximum atomic E-state index is 13.1. The zero-order valence-corrected chi connectivity index (χ0v) is 18.1. The Balaban J connectivity index is 1.51. The maximum absolute atomic E-state index is 13.1. The Bertz CT molecular complexity index is 1000. The predicted molar refractivity (Wildman–Crippen MR) is 111 cm³/mol. The highest BCUT2D eigenvalue weighted by molar-refractivity contribution is 7.89. The number of benzene rings is 1. The fraction of sp³-hybridized carbons (Fsp3) is 0.474. The lowest BCUT2D eigenvalue weighted by molar-refractivity contribution is -0.119. The number of hydrogen-bond donors (Lipinski definition) is 1. The van der Waals surface area contributed by atoms with E-state index in [1.807, 2.05) is 0 Å². The van der Waals surface area contributed by atoms with E-state index in [1.165, 1.54) is 34.9 Å². The highest BCUT2D eigenvalue weighted by atomic mass is 32.2. The van der Waals surface area contributed by atoms with Crippen LogP contribution in [0.4, 0.5) is 5.13 Å². The molecule has 0 spiro atoms. The van der Waals surface area contributed by atoms with Crippen LogP contribution in [0.3, 0.4) is 0 Å². The molecule has 0 radical (unpaired) electrons. The van der Waals surface area contributed by atoms with Crippen LogP contribution in [0.1, 0.15) is 23.4 Å². The fourth-order valence-corrected chi connectivity index (χ4v) is 6.49. The summed E-state index contributed by atoms with van der Waals surface area (Å²) in [7, 11) is -0.183. The van der Waals surface area contributed by atoms with Crippen molar-refractivity contribution in [2.75, 3.05) is 32.6 Å². The Kier molecular flexibility index (Phi) is 5.60. The molecule has 0 saturated carbocycles. The Morgan fingerprint density at radius 3 is 2.76 bits per heavy atom. The average molecular weight is 437 g/mol. The molecule has 1 aromatic heterocycles. The summed E-state index contributed by atoms with van der Waals surface area (Å²) in [4.78, 5) is 21.0. The lowest BCUT2D eigenvalue weighted by atomic mass is 10.2. The highest BCUT2D eigenvalue weighted by Gasteiger charge is 2.39. The second kappa shape index (κ2) is 8.02. The van der Waals surface area contributed by atoms with Gasteiger partial charge in [-0.3, -0.25) is 4.79 Å². The molecule has 1 saturated heterocycles. The summed E-state index contributed by atoms with van der Waals surface area (Å²) in [5.74, 6) is 0.261. The standard InChI is InChI=1S/C19H24N4O4S2/c1-22-11-9-15-17(12-22)28-19(20-15)21-18(24)16-4-3-10-23(16)29(25,26)14-7-5-13(27-2)6-8-14/h5-8,16H,3-4,9-12H2,1-2H3,(H,20,21,24)/t16-/m0/s1. The topological polar surface area (TPSA) is 91.8 Å². The summed E-state index contributed by atoms with van der Waals surface area (Å²) in [6, 6.07) is 5.50. The van der Waals surface area contributed by atoms with Crippen LogP contribution in [-0.2, 0) is 27.8 Å². The molecular formula is C19H24N4O4S2. The van der Waals surface area contributed by atoms with Crippen LogP contribution in [0.25, 0.3) is 0 Å². The van der Waals surface area contributed by atoms with Gasteiger partial charge in [0.05, 0.1) is 17.7 Å². The maximum Gasteiger partial charge on any atom is 0.244 e. The first-order valence-electron chi connectivity index (χ1n) is 9.52. The monoisotopic (exact) mass is 436 g/mol. The van der Waals surface area contributed by atoms with Gasteiger partial charge in [0.1, 0.15) is 11.8 Å². The van der Waals surface area contributed by atoms with Gasteiger partial charge in [0.15, 0.2) is 5.13 Å². The molecule has 4 rings (SSSR count). The number of aromatic nitrogens is 1. The Morgan fingerprint density at radius 1 is 1.28 bits per heavy atom. The second-order valence-electron chi connectivity index (χ2n) is 7.32. The van der Waals surface area contributed by atoms with Crippen molar-refractivity contribution >= 4 is 32.4 Å². The molecule has 0 bridgehead atoms. The minimum Gasteiger partial charge on any atom is -0.497 e. The third-order valence-electron chi connectivity index (χ3n) is 5.32. The molecule has 1 fully saturated rings. The summed E-state index contributed by atoms with van der Waals surface area (Å²) >= 11 is 1.47. The molecule has 1 amide bonds. The Morgan fingerprint density at radius 2 is 2.03 bits per heavy atom. The number of nitrogens with zero attached hydrogens (tertiary/aromatic N) is 3. The Hall–Kier alpha value is -2.01.